The van der Waals surface area contributed by atoms with Crippen LogP contribution in [-0.2, 0) is 11.8 Å². The van der Waals surface area contributed by atoms with Crippen LogP contribution in [0.5, 0.6) is 0 Å². The molecule has 7 nitrogen and oxygen atoms in total. The summed E-state index contributed by atoms with van der Waals surface area (Å²) in [5.41, 5.74) is 1.26. The number of nitrogens with one attached hydrogen (secondary N) is 2. The molecular weight excluding hydrogens is 410 g/mol. The van der Waals surface area contributed by atoms with Crippen molar-refractivity contribution in [3.63, 3.8) is 0 Å². The molecule has 150 valence electrons. The maximum atomic E-state index is 12.4. The molecule has 1 heterocycles. The molecule has 1 atom stereocenters. The van der Waals surface area contributed by atoms with Gasteiger partial charge in [0.05, 0.1) is 11.8 Å². The van der Waals surface area contributed by atoms with Gasteiger partial charge >= 0.3 is 0 Å². The molecule has 0 spiro atoms. The number of hydrogen-bond acceptors (Lipinski definition) is 5. The van der Waals surface area contributed by atoms with Crippen LogP contribution in [0.3, 0.4) is 0 Å². The molecule has 0 radical (unpaired) electrons. The minimum atomic E-state index is -0.358. The van der Waals surface area contributed by atoms with Crippen LogP contribution in [-0.4, -0.2) is 32.3 Å². The monoisotopic (exact) mass is 429 g/mol. The zero-order valence-electron chi connectivity index (χ0n) is 15.9. The molecule has 3 rings (SSSR count). The van der Waals surface area contributed by atoms with Crippen LogP contribution in [0.1, 0.15) is 29.1 Å². The van der Waals surface area contributed by atoms with E-state index in [1.165, 1.54) is 11.8 Å². The Balaban J connectivity index is 1.57. The van der Waals surface area contributed by atoms with Crippen LogP contribution in [0.4, 0.5) is 5.69 Å². The van der Waals surface area contributed by atoms with Crippen molar-refractivity contribution in [2.24, 2.45) is 7.05 Å². The first kappa shape index (κ1) is 20.9. The summed E-state index contributed by atoms with van der Waals surface area (Å²) in [5, 5.41) is 15.2. The lowest BCUT2D eigenvalue weighted by Gasteiger charge is -2.13. The van der Waals surface area contributed by atoms with Crippen LogP contribution < -0.4 is 10.6 Å². The Bertz CT molecular complexity index is 992. The van der Waals surface area contributed by atoms with Gasteiger partial charge in [0.1, 0.15) is 0 Å². The van der Waals surface area contributed by atoms with Crippen LogP contribution in [0, 0.1) is 0 Å². The number of carbonyl (C=O) groups excluding carboxylic acids is 2. The van der Waals surface area contributed by atoms with Crippen molar-refractivity contribution < 1.29 is 9.59 Å². The summed E-state index contributed by atoms with van der Waals surface area (Å²) < 4.78 is 1.77. The van der Waals surface area contributed by atoms with Crippen LogP contribution >= 0.6 is 23.4 Å². The van der Waals surface area contributed by atoms with Gasteiger partial charge in [-0.25, -0.2) is 0 Å². The minimum absolute atomic E-state index is 0.130. The molecule has 2 amide bonds. The molecule has 2 N–H and O–H groups in total. The number of anilines is 1. The Morgan fingerprint density at radius 1 is 1.10 bits per heavy atom. The highest BCUT2D eigenvalue weighted by Gasteiger charge is 2.19. The van der Waals surface area contributed by atoms with E-state index in [-0.39, 0.29) is 23.6 Å². The van der Waals surface area contributed by atoms with Gasteiger partial charge in [-0.1, -0.05) is 41.6 Å². The third-order valence-corrected chi connectivity index (χ3v) is 5.37. The average molecular weight is 430 g/mol. The minimum Gasteiger partial charge on any atom is -0.342 e. The summed E-state index contributed by atoms with van der Waals surface area (Å²) in [6.07, 6.45) is 0. The number of amides is 2. The van der Waals surface area contributed by atoms with E-state index in [2.05, 4.69) is 20.8 Å². The number of benzene rings is 2. The van der Waals surface area contributed by atoms with Gasteiger partial charge in [-0.2, -0.15) is 0 Å². The zero-order valence-corrected chi connectivity index (χ0v) is 17.5. The lowest BCUT2D eigenvalue weighted by atomic mass is 10.2. The van der Waals surface area contributed by atoms with Crippen molar-refractivity contribution in [2.45, 2.75) is 18.1 Å². The first-order valence-electron chi connectivity index (χ1n) is 8.87. The largest absolute Gasteiger partial charge is 0.342 e. The van der Waals surface area contributed by atoms with Crippen molar-refractivity contribution in [1.29, 1.82) is 0 Å². The maximum Gasteiger partial charge on any atom is 0.251 e. The van der Waals surface area contributed by atoms with Crippen molar-refractivity contribution in [3.05, 3.63) is 71.0 Å². The summed E-state index contributed by atoms with van der Waals surface area (Å²) in [6, 6.07) is 15.6. The Labute approximate surface area is 177 Å². The number of carbonyl (C=O) groups is 2. The zero-order chi connectivity index (χ0) is 20.8. The normalized spacial score (nSPS) is 11.7. The third-order valence-electron chi connectivity index (χ3n) is 4.10. The van der Waals surface area contributed by atoms with Gasteiger partial charge in [-0.05, 0) is 43.3 Å². The lowest BCUT2D eigenvalue weighted by molar-refractivity contribution is -0.113. The van der Waals surface area contributed by atoms with E-state index in [0.29, 0.717) is 21.6 Å². The Morgan fingerprint density at radius 3 is 2.48 bits per heavy atom. The van der Waals surface area contributed by atoms with Crippen molar-refractivity contribution in [3.8, 4) is 0 Å². The van der Waals surface area contributed by atoms with Crippen molar-refractivity contribution >= 4 is 40.9 Å². The van der Waals surface area contributed by atoms with E-state index in [1.54, 1.807) is 35.9 Å². The second-order valence-corrected chi connectivity index (χ2v) is 7.68. The summed E-state index contributed by atoms with van der Waals surface area (Å²) in [5.74, 6) is 0.438. The van der Waals surface area contributed by atoms with Gasteiger partial charge in [0.25, 0.3) is 5.91 Å². The first-order valence-corrected chi connectivity index (χ1v) is 10.2. The fraction of sp³-hybridized carbons (Fsp3) is 0.200. The standard InChI is InChI=1S/C20H20ClN5O2S/c1-13(22-19(28)14-8-10-15(21)11-9-14)18-24-25-20(26(18)2)29-12-17(27)23-16-6-4-3-5-7-16/h3-11,13H,12H2,1-2H3,(H,22,28)(H,23,27)/t13-/m1/s1. The number of hydrogen-bond donors (Lipinski definition) is 2. The molecule has 0 aliphatic carbocycles. The molecule has 0 saturated heterocycles. The average Bonchev–Trinajstić information content (AvgIpc) is 3.08. The fourth-order valence-electron chi connectivity index (χ4n) is 2.62. The maximum absolute atomic E-state index is 12.4. The summed E-state index contributed by atoms with van der Waals surface area (Å²) >= 11 is 7.13. The predicted molar refractivity (Wildman–Crippen MR) is 114 cm³/mol. The van der Waals surface area contributed by atoms with Crippen molar-refractivity contribution in [1.82, 2.24) is 20.1 Å². The Kier molecular flexibility index (Phi) is 6.90. The summed E-state index contributed by atoms with van der Waals surface area (Å²) in [7, 11) is 1.80. The molecule has 0 aliphatic rings. The van der Waals surface area contributed by atoms with E-state index in [0.717, 1.165) is 5.69 Å². The summed E-state index contributed by atoms with van der Waals surface area (Å²) in [6.45, 7) is 1.83. The van der Waals surface area contributed by atoms with E-state index in [9.17, 15) is 9.59 Å². The molecule has 0 saturated carbocycles. The molecule has 0 unspecified atom stereocenters. The van der Waals surface area contributed by atoms with Crippen LogP contribution in [0.2, 0.25) is 5.02 Å². The second kappa shape index (κ2) is 9.58. The van der Waals surface area contributed by atoms with E-state index < -0.39 is 0 Å². The Morgan fingerprint density at radius 2 is 1.79 bits per heavy atom. The van der Waals surface area contributed by atoms with E-state index in [1.807, 2.05) is 37.3 Å². The second-order valence-electron chi connectivity index (χ2n) is 6.30. The fourth-order valence-corrected chi connectivity index (χ4v) is 3.47. The molecular formula is C20H20ClN5O2S. The van der Waals surface area contributed by atoms with Gasteiger partial charge < -0.3 is 15.2 Å². The van der Waals surface area contributed by atoms with Gasteiger partial charge in [-0.15, -0.1) is 10.2 Å². The molecule has 0 bridgehead atoms. The SMILES string of the molecule is C[C@@H](NC(=O)c1ccc(Cl)cc1)c1nnc(SCC(=O)Nc2ccccc2)n1C. The molecule has 9 heteroatoms. The highest BCUT2D eigenvalue weighted by Crippen LogP contribution is 2.20. The summed E-state index contributed by atoms with van der Waals surface area (Å²) in [4.78, 5) is 24.5. The predicted octanol–water partition coefficient (Wildman–Crippen LogP) is 3.69. The number of nitrogens with zero attached hydrogens (tertiary/aromatic N) is 3. The van der Waals surface area contributed by atoms with E-state index in [4.69, 9.17) is 11.6 Å². The van der Waals surface area contributed by atoms with E-state index >= 15 is 0 Å². The van der Waals surface area contributed by atoms with Crippen molar-refractivity contribution in [2.75, 3.05) is 11.1 Å². The number of para-hydroxylation sites is 1. The topological polar surface area (TPSA) is 88.9 Å². The number of halogens is 1. The molecule has 29 heavy (non-hydrogen) atoms. The molecule has 2 aromatic carbocycles. The lowest BCUT2D eigenvalue weighted by Crippen LogP contribution is -2.28. The third kappa shape index (κ3) is 5.58. The quantitative estimate of drug-likeness (QED) is 0.559. The molecule has 0 aliphatic heterocycles. The Hall–Kier alpha value is -2.84. The first-order chi connectivity index (χ1) is 13.9. The highest BCUT2D eigenvalue weighted by atomic mass is 35.5. The van der Waals surface area contributed by atoms with Crippen LogP contribution in [0.15, 0.2) is 59.8 Å². The van der Waals surface area contributed by atoms with Crippen LogP contribution in [0.25, 0.3) is 0 Å². The van der Waals surface area contributed by atoms with Gasteiger partial charge in [0.15, 0.2) is 11.0 Å². The van der Waals surface area contributed by atoms with Gasteiger partial charge in [0.2, 0.25) is 5.91 Å². The molecule has 3 aromatic rings. The molecule has 1 aromatic heterocycles. The number of aromatic nitrogens is 3. The number of rotatable bonds is 7. The smallest absolute Gasteiger partial charge is 0.251 e. The molecule has 0 fully saturated rings. The van der Waals surface area contributed by atoms with Gasteiger partial charge in [-0.3, -0.25) is 9.59 Å². The van der Waals surface area contributed by atoms with Gasteiger partial charge in [0, 0.05) is 23.3 Å². The highest BCUT2D eigenvalue weighted by molar-refractivity contribution is 7.99. The number of thioether (sulfide) groups is 1.